The lowest BCUT2D eigenvalue weighted by Crippen LogP contribution is -2.54. The topological polar surface area (TPSA) is 50.4 Å². The summed E-state index contributed by atoms with van der Waals surface area (Å²) in [5.74, 6) is 0.769. The van der Waals surface area contributed by atoms with Gasteiger partial charge >= 0.3 is 6.09 Å². The number of benzene rings is 1. The van der Waals surface area contributed by atoms with Crippen LogP contribution in [-0.2, 0) is 11.3 Å². The summed E-state index contributed by atoms with van der Waals surface area (Å²) in [5, 5.41) is 6.76. The first-order chi connectivity index (χ1) is 12.5. The summed E-state index contributed by atoms with van der Waals surface area (Å²) < 4.78 is 5.30. The highest BCUT2D eigenvalue weighted by Gasteiger charge is 2.37. The van der Waals surface area contributed by atoms with Crippen molar-refractivity contribution in [1.29, 1.82) is 0 Å². The molecule has 2 saturated carbocycles. The van der Waals surface area contributed by atoms with E-state index < -0.39 is 0 Å². The fourth-order valence-electron chi connectivity index (χ4n) is 4.64. The minimum absolute atomic E-state index is 0.250. The van der Waals surface area contributed by atoms with Crippen LogP contribution in [0.2, 0.25) is 0 Å². The maximum Gasteiger partial charge on any atom is 0.407 e. The zero-order chi connectivity index (χ0) is 18.4. The summed E-state index contributed by atoms with van der Waals surface area (Å²) in [6, 6.07) is 10.6. The first-order valence-electron chi connectivity index (χ1n) is 10.3. The Balaban J connectivity index is 1.32. The van der Waals surface area contributed by atoms with Crippen LogP contribution in [0.3, 0.4) is 0 Å². The molecular formula is C22H34N2O2. The molecule has 0 aliphatic heterocycles. The van der Waals surface area contributed by atoms with E-state index in [1.54, 1.807) is 0 Å². The molecule has 0 radical (unpaired) electrons. The molecule has 26 heavy (non-hydrogen) atoms. The molecule has 1 aromatic carbocycles. The van der Waals surface area contributed by atoms with Gasteiger partial charge in [0.2, 0.25) is 0 Å². The Bertz CT molecular complexity index is 561. The lowest BCUT2D eigenvalue weighted by Gasteiger charge is -2.40. The summed E-state index contributed by atoms with van der Waals surface area (Å²) >= 11 is 0. The Hall–Kier alpha value is -1.55. The molecular weight excluding hydrogens is 324 g/mol. The van der Waals surface area contributed by atoms with Crippen LogP contribution >= 0.6 is 0 Å². The molecule has 0 bridgehead atoms. The summed E-state index contributed by atoms with van der Waals surface area (Å²) in [6.45, 7) is 6.15. The quantitative estimate of drug-likeness (QED) is 0.712. The molecule has 0 saturated heterocycles. The normalized spacial score (nSPS) is 24.3. The van der Waals surface area contributed by atoms with Crippen LogP contribution in [0.1, 0.15) is 64.4 Å². The van der Waals surface area contributed by atoms with E-state index in [4.69, 9.17) is 4.74 Å². The molecule has 0 aromatic heterocycles. The third kappa shape index (κ3) is 5.47. The smallest absolute Gasteiger partial charge is 0.407 e. The van der Waals surface area contributed by atoms with Crippen LogP contribution < -0.4 is 10.6 Å². The highest BCUT2D eigenvalue weighted by molar-refractivity contribution is 5.67. The van der Waals surface area contributed by atoms with Crippen molar-refractivity contribution in [2.75, 3.05) is 6.54 Å². The molecule has 2 aliphatic carbocycles. The van der Waals surface area contributed by atoms with Crippen molar-refractivity contribution in [3.63, 3.8) is 0 Å². The SMILES string of the molecule is CC(C)CC1(CNC2CC(NC(=O)OCc3ccccc3)C2)CCCC1. The molecule has 4 nitrogen and oxygen atoms in total. The lowest BCUT2D eigenvalue weighted by molar-refractivity contribution is 0.122. The number of nitrogens with one attached hydrogen (secondary N) is 2. The van der Waals surface area contributed by atoms with Crippen molar-refractivity contribution in [1.82, 2.24) is 10.6 Å². The molecule has 2 N–H and O–H groups in total. The number of amides is 1. The van der Waals surface area contributed by atoms with Gasteiger partial charge in [-0.1, -0.05) is 57.0 Å². The van der Waals surface area contributed by atoms with Crippen molar-refractivity contribution in [3.05, 3.63) is 35.9 Å². The predicted molar refractivity (Wildman–Crippen MR) is 105 cm³/mol. The molecule has 3 rings (SSSR count). The number of hydrogen-bond acceptors (Lipinski definition) is 3. The van der Waals surface area contributed by atoms with Gasteiger partial charge in [0, 0.05) is 18.6 Å². The molecule has 4 heteroatoms. The molecule has 0 atom stereocenters. The van der Waals surface area contributed by atoms with Gasteiger partial charge in [-0.2, -0.15) is 0 Å². The van der Waals surface area contributed by atoms with Gasteiger partial charge in [0.15, 0.2) is 0 Å². The van der Waals surface area contributed by atoms with Gasteiger partial charge in [0.25, 0.3) is 0 Å². The summed E-state index contributed by atoms with van der Waals surface area (Å²) in [5.41, 5.74) is 1.53. The number of carbonyl (C=O) groups excluding carboxylic acids is 1. The van der Waals surface area contributed by atoms with Crippen LogP contribution in [-0.4, -0.2) is 24.7 Å². The zero-order valence-electron chi connectivity index (χ0n) is 16.3. The first-order valence-corrected chi connectivity index (χ1v) is 10.3. The van der Waals surface area contributed by atoms with E-state index in [0.29, 0.717) is 18.1 Å². The molecule has 0 unspecified atom stereocenters. The lowest BCUT2D eigenvalue weighted by atomic mass is 9.77. The predicted octanol–water partition coefficient (Wildman–Crippen LogP) is 4.64. The number of alkyl carbamates (subject to hydrolysis) is 1. The van der Waals surface area contributed by atoms with Crippen molar-refractivity contribution < 1.29 is 9.53 Å². The van der Waals surface area contributed by atoms with E-state index in [2.05, 4.69) is 24.5 Å². The van der Waals surface area contributed by atoms with Crippen LogP contribution in [0.25, 0.3) is 0 Å². The van der Waals surface area contributed by atoms with Crippen molar-refractivity contribution in [3.8, 4) is 0 Å². The van der Waals surface area contributed by atoms with E-state index in [-0.39, 0.29) is 12.1 Å². The fourth-order valence-corrected chi connectivity index (χ4v) is 4.64. The second-order valence-corrected chi connectivity index (χ2v) is 8.76. The van der Waals surface area contributed by atoms with Gasteiger partial charge in [0.05, 0.1) is 0 Å². The van der Waals surface area contributed by atoms with Crippen LogP contribution in [0.15, 0.2) is 30.3 Å². The van der Waals surface area contributed by atoms with Crippen LogP contribution in [0, 0.1) is 11.3 Å². The Morgan fingerprint density at radius 1 is 1.15 bits per heavy atom. The largest absolute Gasteiger partial charge is 0.445 e. The minimum Gasteiger partial charge on any atom is -0.445 e. The van der Waals surface area contributed by atoms with Gasteiger partial charge in [0.1, 0.15) is 6.61 Å². The van der Waals surface area contributed by atoms with Crippen molar-refractivity contribution >= 4 is 6.09 Å². The average Bonchev–Trinajstić information content (AvgIpc) is 3.03. The molecule has 1 amide bonds. The molecule has 2 fully saturated rings. The number of rotatable bonds is 8. The second kappa shape index (κ2) is 8.90. The van der Waals surface area contributed by atoms with Gasteiger partial charge < -0.3 is 15.4 Å². The summed E-state index contributed by atoms with van der Waals surface area (Å²) in [6.07, 6.45) is 8.57. The number of hydrogen-bond donors (Lipinski definition) is 2. The Labute approximate surface area is 158 Å². The number of carbonyl (C=O) groups is 1. The van der Waals surface area contributed by atoms with Crippen molar-refractivity contribution in [2.45, 2.75) is 77.5 Å². The molecule has 1 aromatic rings. The average molecular weight is 359 g/mol. The van der Waals surface area contributed by atoms with Crippen LogP contribution in [0.5, 0.6) is 0 Å². The van der Waals surface area contributed by atoms with Gasteiger partial charge in [-0.15, -0.1) is 0 Å². The van der Waals surface area contributed by atoms with E-state index >= 15 is 0 Å². The van der Waals surface area contributed by atoms with E-state index in [1.165, 1.54) is 32.1 Å². The third-order valence-corrected chi connectivity index (χ3v) is 5.94. The Morgan fingerprint density at radius 2 is 1.85 bits per heavy atom. The highest BCUT2D eigenvalue weighted by Crippen LogP contribution is 2.43. The standard InChI is InChI=1S/C22H34N2O2/c1-17(2)14-22(10-6-7-11-22)16-23-19-12-20(13-19)24-21(25)26-15-18-8-4-3-5-9-18/h3-5,8-9,17,19-20,23H,6-7,10-16H2,1-2H3,(H,24,25). The fraction of sp³-hybridized carbons (Fsp3) is 0.682. The van der Waals surface area contributed by atoms with Crippen LogP contribution in [0.4, 0.5) is 4.79 Å². The van der Waals surface area contributed by atoms with E-state index in [9.17, 15) is 4.79 Å². The van der Waals surface area contributed by atoms with Gasteiger partial charge in [-0.05, 0) is 49.0 Å². The van der Waals surface area contributed by atoms with Gasteiger partial charge in [-0.25, -0.2) is 4.79 Å². The molecule has 2 aliphatic rings. The highest BCUT2D eigenvalue weighted by atomic mass is 16.5. The number of ether oxygens (including phenoxy) is 1. The first kappa shape index (κ1) is 19.2. The van der Waals surface area contributed by atoms with Crippen molar-refractivity contribution in [2.24, 2.45) is 11.3 Å². The Morgan fingerprint density at radius 3 is 2.50 bits per heavy atom. The monoisotopic (exact) mass is 358 g/mol. The molecule has 0 heterocycles. The zero-order valence-corrected chi connectivity index (χ0v) is 16.3. The molecule has 0 spiro atoms. The second-order valence-electron chi connectivity index (χ2n) is 8.76. The third-order valence-electron chi connectivity index (χ3n) is 5.94. The van der Waals surface area contributed by atoms with E-state index in [1.807, 2.05) is 30.3 Å². The Kier molecular flexibility index (Phi) is 6.58. The summed E-state index contributed by atoms with van der Waals surface area (Å²) in [4.78, 5) is 11.9. The minimum atomic E-state index is -0.302. The van der Waals surface area contributed by atoms with Gasteiger partial charge in [-0.3, -0.25) is 0 Å². The van der Waals surface area contributed by atoms with E-state index in [0.717, 1.165) is 30.9 Å². The maximum absolute atomic E-state index is 11.9. The molecule has 144 valence electrons. The summed E-state index contributed by atoms with van der Waals surface area (Å²) in [7, 11) is 0. The maximum atomic E-state index is 11.9.